The lowest BCUT2D eigenvalue weighted by Gasteiger charge is -2.27. The summed E-state index contributed by atoms with van der Waals surface area (Å²) < 4.78 is 33.7. The molecule has 0 bridgehead atoms. The first kappa shape index (κ1) is 32.7. The van der Waals surface area contributed by atoms with E-state index in [0.29, 0.717) is 28.3 Å². The molecule has 14 heteroatoms. The molecule has 12 nitrogen and oxygen atoms in total. The number of nitrogens with zero attached hydrogens (tertiary/aromatic N) is 5. The molecule has 3 heterocycles. The van der Waals surface area contributed by atoms with Crippen LogP contribution in [0.4, 0.5) is 4.39 Å². The van der Waals surface area contributed by atoms with Crippen molar-refractivity contribution in [2.24, 2.45) is 0 Å². The normalized spacial score (nSPS) is 12.4. The van der Waals surface area contributed by atoms with E-state index in [0.717, 1.165) is 22.3 Å². The number of benzene rings is 1. The largest absolute Gasteiger partial charge is 0.496 e. The van der Waals surface area contributed by atoms with Crippen LogP contribution in [0.1, 0.15) is 64.2 Å². The first-order valence-corrected chi connectivity index (χ1v) is 15.0. The van der Waals surface area contributed by atoms with Crippen LogP contribution in [-0.4, -0.2) is 56.2 Å². The second-order valence-corrected chi connectivity index (χ2v) is 11.8. The van der Waals surface area contributed by atoms with Gasteiger partial charge in [-0.1, -0.05) is 24.7 Å². The summed E-state index contributed by atoms with van der Waals surface area (Å²) in [6, 6.07) is 3.92. The van der Waals surface area contributed by atoms with Crippen LogP contribution in [0.5, 0.6) is 5.75 Å². The molecule has 0 unspecified atom stereocenters. The number of esters is 1. The zero-order valence-electron chi connectivity index (χ0n) is 25.6. The van der Waals surface area contributed by atoms with Gasteiger partial charge in [0, 0.05) is 17.5 Å². The zero-order valence-corrected chi connectivity index (χ0v) is 26.4. The first-order valence-electron chi connectivity index (χ1n) is 14.2. The van der Waals surface area contributed by atoms with E-state index in [2.05, 4.69) is 10.2 Å². The van der Waals surface area contributed by atoms with Crippen LogP contribution in [-0.2, 0) is 31.1 Å². The number of unbranched alkanes of at least 4 members (excludes halogenated alkanes) is 1. The molecule has 0 saturated carbocycles. The SMILES string of the molecule is CCCCOC(=O)C(C)(C)n1c(=O)c2c(C)c(-n3nccn3)sc2n(C[C@H](OCCC(C)=O)c2cc(F)ccc2OC)c1=O. The Morgan fingerprint density at radius 2 is 1.84 bits per heavy atom. The Balaban J connectivity index is 1.98. The van der Waals surface area contributed by atoms with Crippen molar-refractivity contribution in [3.63, 3.8) is 0 Å². The monoisotopic (exact) mass is 629 g/mol. The summed E-state index contributed by atoms with van der Waals surface area (Å²) in [6.07, 6.45) is 3.49. The van der Waals surface area contributed by atoms with Gasteiger partial charge >= 0.3 is 11.7 Å². The predicted octanol–water partition coefficient (Wildman–Crippen LogP) is 4.08. The second kappa shape index (κ2) is 13.6. The van der Waals surface area contributed by atoms with Crippen molar-refractivity contribution >= 4 is 33.3 Å². The van der Waals surface area contributed by atoms with Gasteiger partial charge in [-0.15, -0.1) is 4.80 Å². The van der Waals surface area contributed by atoms with Crippen molar-refractivity contribution < 1.29 is 28.2 Å². The third kappa shape index (κ3) is 6.50. The number of carbonyl (C=O) groups excluding carboxylic acids is 2. The van der Waals surface area contributed by atoms with E-state index in [1.165, 1.54) is 67.8 Å². The van der Waals surface area contributed by atoms with Crippen LogP contribution in [0.3, 0.4) is 0 Å². The molecule has 0 aliphatic carbocycles. The Bertz CT molecular complexity index is 1770. The number of ether oxygens (including phenoxy) is 3. The summed E-state index contributed by atoms with van der Waals surface area (Å²) in [7, 11) is 1.42. The lowest BCUT2D eigenvalue weighted by atomic mass is 10.0. The summed E-state index contributed by atoms with van der Waals surface area (Å²) in [6.45, 7) is 7.90. The maximum absolute atomic E-state index is 14.5. The van der Waals surface area contributed by atoms with Crippen molar-refractivity contribution in [1.29, 1.82) is 0 Å². The Morgan fingerprint density at radius 1 is 1.14 bits per heavy atom. The van der Waals surface area contributed by atoms with Gasteiger partial charge < -0.3 is 14.2 Å². The van der Waals surface area contributed by atoms with Gasteiger partial charge in [-0.3, -0.25) is 14.2 Å². The van der Waals surface area contributed by atoms with Crippen LogP contribution in [0.15, 0.2) is 40.2 Å². The number of hydrogen-bond donors (Lipinski definition) is 0. The lowest BCUT2D eigenvalue weighted by molar-refractivity contribution is -0.153. The van der Waals surface area contributed by atoms with Gasteiger partial charge in [0.05, 0.1) is 44.6 Å². The quantitative estimate of drug-likeness (QED) is 0.149. The summed E-state index contributed by atoms with van der Waals surface area (Å²) >= 11 is 1.12. The van der Waals surface area contributed by atoms with Crippen LogP contribution in [0.25, 0.3) is 15.2 Å². The summed E-state index contributed by atoms with van der Waals surface area (Å²) in [4.78, 5) is 55.0. The van der Waals surface area contributed by atoms with Gasteiger partial charge in [-0.05, 0) is 52.3 Å². The minimum atomic E-state index is -1.68. The van der Waals surface area contributed by atoms with E-state index in [9.17, 15) is 23.6 Å². The number of fused-ring (bicyclic) bond motifs is 1. The molecule has 1 atom stereocenters. The van der Waals surface area contributed by atoms with Crippen LogP contribution < -0.4 is 16.0 Å². The van der Waals surface area contributed by atoms with E-state index >= 15 is 0 Å². The summed E-state index contributed by atoms with van der Waals surface area (Å²) in [5, 5.41) is 9.07. The number of aryl methyl sites for hydroxylation is 1. The molecule has 4 rings (SSSR count). The maximum Gasteiger partial charge on any atom is 0.333 e. The molecule has 0 aliphatic rings. The van der Waals surface area contributed by atoms with E-state index in [1.807, 2.05) is 6.92 Å². The fourth-order valence-corrected chi connectivity index (χ4v) is 6.01. The predicted molar refractivity (Wildman–Crippen MR) is 162 cm³/mol. The molecule has 3 aromatic heterocycles. The summed E-state index contributed by atoms with van der Waals surface area (Å²) in [5.41, 5.74) is -2.35. The molecule has 0 fully saturated rings. The molecule has 44 heavy (non-hydrogen) atoms. The Labute approximate surface area is 257 Å². The van der Waals surface area contributed by atoms with Gasteiger partial charge in [0.15, 0.2) is 0 Å². The van der Waals surface area contributed by atoms with Crippen molar-refractivity contribution in [2.45, 2.75) is 72.1 Å². The van der Waals surface area contributed by atoms with Gasteiger partial charge in [-0.2, -0.15) is 10.2 Å². The average molecular weight is 630 g/mol. The smallest absolute Gasteiger partial charge is 0.333 e. The number of ketones is 1. The number of thiophene rings is 1. The van der Waals surface area contributed by atoms with Crippen LogP contribution in [0, 0.1) is 12.7 Å². The van der Waals surface area contributed by atoms with Gasteiger partial charge in [0.2, 0.25) is 0 Å². The minimum absolute atomic E-state index is 0.0155. The van der Waals surface area contributed by atoms with Gasteiger partial charge in [0.25, 0.3) is 5.56 Å². The number of rotatable bonds is 14. The van der Waals surface area contributed by atoms with Crippen LogP contribution in [0.2, 0.25) is 0 Å². The highest BCUT2D eigenvalue weighted by Crippen LogP contribution is 2.34. The fourth-order valence-electron chi connectivity index (χ4n) is 4.79. The number of methoxy groups -OCH3 is 1. The number of halogens is 1. The highest BCUT2D eigenvalue weighted by molar-refractivity contribution is 7.21. The maximum atomic E-state index is 14.5. The Morgan fingerprint density at radius 3 is 2.48 bits per heavy atom. The molecule has 4 aromatic rings. The number of Topliss-reactive ketones (excluding diaryl/α,β-unsaturated/α-hetero) is 1. The highest BCUT2D eigenvalue weighted by Gasteiger charge is 2.37. The van der Waals surface area contributed by atoms with Crippen molar-refractivity contribution in [1.82, 2.24) is 24.1 Å². The Hall–Kier alpha value is -4.17. The highest BCUT2D eigenvalue weighted by atomic mass is 32.1. The molecule has 1 aromatic carbocycles. The van der Waals surface area contributed by atoms with Crippen molar-refractivity contribution in [3.8, 4) is 10.8 Å². The van der Waals surface area contributed by atoms with Crippen molar-refractivity contribution in [2.75, 3.05) is 20.3 Å². The van der Waals surface area contributed by atoms with Crippen LogP contribution >= 0.6 is 11.3 Å². The molecular formula is C30H36FN5O7S. The molecule has 0 spiro atoms. The lowest BCUT2D eigenvalue weighted by Crippen LogP contribution is -2.53. The first-order chi connectivity index (χ1) is 20.9. The van der Waals surface area contributed by atoms with Gasteiger partial charge in [0.1, 0.15) is 38.8 Å². The molecule has 0 N–H and O–H groups in total. The molecule has 0 aliphatic heterocycles. The van der Waals surface area contributed by atoms with Gasteiger partial charge in [-0.25, -0.2) is 18.5 Å². The number of aromatic nitrogens is 5. The topological polar surface area (TPSA) is 137 Å². The van der Waals surface area contributed by atoms with Crippen molar-refractivity contribution in [3.05, 3.63) is 68.4 Å². The zero-order chi connectivity index (χ0) is 32.2. The number of hydrogen-bond acceptors (Lipinski definition) is 10. The summed E-state index contributed by atoms with van der Waals surface area (Å²) in [5.74, 6) is -1.10. The Kier molecular flexibility index (Phi) is 10.1. The fraction of sp³-hybridized carbons (Fsp3) is 0.467. The van der Waals surface area contributed by atoms with E-state index < -0.39 is 34.7 Å². The standard InChI is InChI=1S/C30H36FN5O7S/c1-7-8-14-43-28(39)30(4,5)35-25(38)24-19(3)26(36-32-12-13-33-36)44-27(24)34(29(35)40)17-23(42-15-11-18(2)37)21-16-20(31)9-10-22(21)41-6/h9-10,12-13,16,23H,7-8,11,14-15,17H2,1-6H3/t23-/m0/s1. The van der Waals surface area contributed by atoms with E-state index in [4.69, 9.17) is 14.2 Å². The molecule has 0 radical (unpaired) electrons. The van der Waals surface area contributed by atoms with E-state index in [-0.39, 0.29) is 42.2 Å². The second-order valence-electron chi connectivity index (χ2n) is 10.8. The average Bonchev–Trinajstić information content (AvgIpc) is 3.62. The molecule has 236 valence electrons. The molecule has 0 saturated heterocycles. The number of carbonyl (C=O) groups is 2. The molecular weight excluding hydrogens is 593 g/mol. The third-order valence-corrected chi connectivity index (χ3v) is 8.52. The van der Waals surface area contributed by atoms with E-state index in [1.54, 1.807) is 6.92 Å². The third-order valence-electron chi connectivity index (χ3n) is 7.24. The minimum Gasteiger partial charge on any atom is -0.496 e. The molecule has 0 amide bonds.